The molecule has 3 nitrogen and oxygen atoms in total. The van der Waals surface area contributed by atoms with Crippen LogP contribution >= 0.6 is 0 Å². The minimum atomic E-state index is 0.0300. The van der Waals surface area contributed by atoms with Crippen molar-refractivity contribution >= 4 is 5.91 Å². The van der Waals surface area contributed by atoms with Crippen LogP contribution in [0.25, 0.3) is 0 Å². The Hall–Kier alpha value is -1.35. The second kappa shape index (κ2) is 5.74. The number of hydrogen-bond acceptors (Lipinski definition) is 2. The minimum absolute atomic E-state index is 0.0300. The van der Waals surface area contributed by atoms with Crippen molar-refractivity contribution < 1.29 is 4.79 Å². The molecule has 0 saturated carbocycles. The van der Waals surface area contributed by atoms with Gasteiger partial charge in [-0.2, -0.15) is 0 Å². The lowest BCUT2D eigenvalue weighted by Crippen LogP contribution is -2.38. The summed E-state index contributed by atoms with van der Waals surface area (Å²) in [6.07, 6.45) is 1.07. The van der Waals surface area contributed by atoms with E-state index in [0.29, 0.717) is 12.5 Å². The van der Waals surface area contributed by atoms with Crippen LogP contribution in [-0.2, 0) is 4.79 Å². The van der Waals surface area contributed by atoms with Crippen molar-refractivity contribution in [1.29, 1.82) is 0 Å². The summed E-state index contributed by atoms with van der Waals surface area (Å²) in [6, 6.07) is 8.56. The normalized spacial score (nSPS) is 21.2. The predicted molar refractivity (Wildman–Crippen MR) is 77.7 cm³/mol. The fourth-order valence-corrected chi connectivity index (χ4v) is 2.97. The van der Waals surface area contributed by atoms with Crippen LogP contribution in [-0.4, -0.2) is 23.4 Å². The zero-order valence-corrected chi connectivity index (χ0v) is 12.3. The van der Waals surface area contributed by atoms with Crippen molar-refractivity contribution in [3.63, 3.8) is 0 Å². The van der Waals surface area contributed by atoms with Crippen LogP contribution in [0.5, 0.6) is 0 Å². The molecule has 19 heavy (non-hydrogen) atoms. The standard InChI is InChI=1S/C16H24N2O/c1-11(2)9-13(4)18-15(19)10-17-16(18)14-8-6-5-7-12(14)3/h5-8,11,13,16-17H,9-10H2,1-4H3. The smallest absolute Gasteiger partial charge is 0.238 e. The third kappa shape index (κ3) is 2.98. The van der Waals surface area contributed by atoms with E-state index >= 15 is 0 Å². The predicted octanol–water partition coefficient (Wildman–Crippen LogP) is 2.86. The number of benzene rings is 1. The lowest BCUT2D eigenvalue weighted by atomic mass is 10.0. The van der Waals surface area contributed by atoms with Crippen molar-refractivity contribution in [1.82, 2.24) is 10.2 Å². The Morgan fingerprint density at radius 1 is 1.32 bits per heavy atom. The fourth-order valence-electron chi connectivity index (χ4n) is 2.97. The van der Waals surface area contributed by atoms with Crippen LogP contribution in [0.2, 0.25) is 0 Å². The summed E-state index contributed by atoms with van der Waals surface area (Å²) in [7, 11) is 0. The average Bonchev–Trinajstić information content (AvgIpc) is 2.70. The minimum Gasteiger partial charge on any atom is -0.319 e. The third-order valence-electron chi connectivity index (χ3n) is 3.78. The van der Waals surface area contributed by atoms with E-state index < -0.39 is 0 Å². The second-order valence-corrected chi connectivity index (χ2v) is 5.92. The molecule has 104 valence electrons. The number of rotatable bonds is 4. The number of amides is 1. The molecule has 1 aliphatic heterocycles. The largest absolute Gasteiger partial charge is 0.319 e. The van der Waals surface area contributed by atoms with Crippen molar-refractivity contribution in [2.24, 2.45) is 5.92 Å². The maximum absolute atomic E-state index is 12.2. The van der Waals surface area contributed by atoms with E-state index in [2.05, 4.69) is 45.1 Å². The molecule has 1 aromatic carbocycles. The van der Waals surface area contributed by atoms with E-state index in [1.165, 1.54) is 11.1 Å². The molecule has 1 saturated heterocycles. The van der Waals surface area contributed by atoms with Gasteiger partial charge in [-0.05, 0) is 37.3 Å². The van der Waals surface area contributed by atoms with Gasteiger partial charge in [-0.3, -0.25) is 10.1 Å². The Bertz CT molecular complexity index is 456. The molecule has 0 spiro atoms. The molecule has 0 bridgehead atoms. The van der Waals surface area contributed by atoms with Gasteiger partial charge in [0, 0.05) is 6.04 Å². The summed E-state index contributed by atoms with van der Waals surface area (Å²) < 4.78 is 0. The molecule has 2 rings (SSSR count). The van der Waals surface area contributed by atoms with Crippen molar-refractivity contribution in [2.75, 3.05) is 6.54 Å². The van der Waals surface area contributed by atoms with Crippen LogP contribution < -0.4 is 5.32 Å². The van der Waals surface area contributed by atoms with E-state index in [9.17, 15) is 4.79 Å². The quantitative estimate of drug-likeness (QED) is 0.903. The maximum atomic E-state index is 12.2. The average molecular weight is 260 g/mol. The molecular weight excluding hydrogens is 236 g/mol. The molecule has 1 N–H and O–H groups in total. The summed E-state index contributed by atoms with van der Waals surface area (Å²) >= 11 is 0. The van der Waals surface area contributed by atoms with Crippen LogP contribution in [0.15, 0.2) is 24.3 Å². The first-order valence-corrected chi connectivity index (χ1v) is 7.10. The SMILES string of the molecule is Cc1ccccc1C1NCC(=O)N1C(C)CC(C)C. The Labute approximate surface area is 116 Å². The van der Waals surface area contributed by atoms with E-state index in [1.807, 2.05) is 17.0 Å². The number of carbonyl (C=O) groups is 1. The van der Waals surface area contributed by atoms with Gasteiger partial charge in [0.2, 0.25) is 5.91 Å². The van der Waals surface area contributed by atoms with E-state index in [4.69, 9.17) is 0 Å². The lowest BCUT2D eigenvalue weighted by Gasteiger charge is -2.32. The van der Waals surface area contributed by atoms with E-state index in [0.717, 1.165) is 6.42 Å². The van der Waals surface area contributed by atoms with Crippen molar-refractivity contribution in [3.05, 3.63) is 35.4 Å². The highest BCUT2D eigenvalue weighted by Gasteiger charge is 2.35. The summed E-state index contributed by atoms with van der Waals surface area (Å²) in [5.74, 6) is 0.808. The van der Waals surface area contributed by atoms with Gasteiger partial charge in [0.25, 0.3) is 0 Å². The van der Waals surface area contributed by atoms with Crippen LogP contribution in [0.4, 0.5) is 0 Å². The molecule has 0 aromatic heterocycles. The Balaban J connectivity index is 2.25. The number of carbonyl (C=O) groups excluding carboxylic acids is 1. The van der Waals surface area contributed by atoms with E-state index in [-0.39, 0.29) is 18.1 Å². The van der Waals surface area contributed by atoms with Gasteiger partial charge in [-0.15, -0.1) is 0 Å². The molecule has 1 fully saturated rings. The number of nitrogens with zero attached hydrogens (tertiary/aromatic N) is 1. The van der Waals surface area contributed by atoms with Crippen molar-refractivity contribution in [2.45, 2.75) is 46.3 Å². The molecule has 1 heterocycles. The summed E-state index contributed by atoms with van der Waals surface area (Å²) in [6.45, 7) is 9.10. The van der Waals surface area contributed by atoms with Gasteiger partial charge in [-0.25, -0.2) is 0 Å². The first kappa shape index (κ1) is 14.1. The van der Waals surface area contributed by atoms with Crippen molar-refractivity contribution in [3.8, 4) is 0 Å². The Kier molecular flexibility index (Phi) is 4.25. The molecule has 0 aliphatic carbocycles. The first-order valence-electron chi connectivity index (χ1n) is 7.10. The molecule has 1 aromatic rings. The van der Waals surface area contributed by atoms with Gasteiger partial charge >= 0.3 is 0 Å². The summed E-state index contributed by atoms with van der Waals surface area (Å²) in [4.78, 5) is 14.2. The molecule has 1 aliphatic rings. The lowest BCUT2D eigenvalue weighted by molar-refractivity contribution is -0.130. The molecule has 2 unspecified atom stereocenters. The van der Waals surface area contributed by atoms with Crippen LogP contribution in [0, 0.1) is 12.8 Å². The molecule has 0 radical (unpaired) electrons. The molecule has 2 atom stereocenters. The molecule has 3 heteroatoms. The number of hydrogen-bond donors (Lipinski definition) is 1. The van der Waals surface area contributed by atoms with Gasteiger partial charge in [0.05, 0.1) is 6.54 Å². The summed E-state index contributed by atoms with van der Waals surface area (Å²) in [5.41, 5.74) is 2.44. The first-order chi connectivity index (χ1) is 9.00. The maximum Gasteiger partial charge on any atom is 0.238 e. The van der Waals surface area contributed by atoms with Gasteiger partial charge in [0.1, 0.15) is 6.17 Å². The highest BCUT2D eigenvalue weighted by molar-refractivity contribution is 5.81. The number of nitrogens with one attached hydrogen (secondary N) is 1. The topological polar surface area (TPSA) is 32.3 Å². The summed E-state index contributed by atoms with van der Waals surface area (Å²) in [5, 5.41) is 3.34. The third-order valence-corrected chi connectivity index (χ3v) is 3.78. The number of aryl methyl sites for hydroxylation is 1. The van der Waals surface area contributed by atoms with Gasteiger partial charge in [-0.1, -0.05) is 38.1 Å². The van der Waals surface area contributed by atoms with Gasteiger partial charge in [0.15, 0.2) is 0 Å². The second-order valence-electron chi connectivity index (χ2n) is 5.92. The van der Waals surface area contributed by atoms with Gasteiger partial charge < -0.3 is 4.90 Å². The highest BCUT2D eigenvalue weighted by Crippen LogP contribution is 2.28. The molecular formula is C16H24N2O. The Morgan fingerprint density at radius 3 is 2.63 bits per heavy atom. The van der Waals surface area contributed by atoms with Crippen LogP contribution in [0.3, 0.4) is 0 Å². The zero-order chi connectivity index (χ0) is 14.0. The molecule has 1 amide bonds. The fraction of sp³-hybridized carbons (Fsp3) is 0.562. The zero-order valence-electron chi connectivity index (χ0n) is 12.3. The highest BCUT2D eigenvalue weighted by atomic mass is 16.2. The monoisotopic (exact) mass is 260 g/mol. The Morgan fingerprint density at radius 2 is 2.00 bits per heavy atom. The van der Waals surface area contributed by atoms with Crippen LogP contribution in [0.1, 0.15) is 44.5 Å². The van der Waals surface area contributed by atoms with E-state index in [1.54, 1.807) is 0 Å².